The van der Waals surface area contributed by atoms with E-state index in [4.69, 9.17) is 9.52 Å². The lowest BCUT2D eigenvalue weighted by molar-refractivity contribution is -0.137. The Morgan fingerprint density at radius 1 is 1.11 bits per heavy atom. The van der Waals surface area contributed by atoms with Gasteiger partial charge in [-0.2, -0.15) is 4.98 Å². The van der Waals surface area contributed by atoms with Gasteiger partial charge in [-0.15, -0.1) is 0 Å². The molecule has 0 saturated carbocycles. The minimum atomic E-state index is -0.881. The molecule has 7 heteroatoms. The Kier molecular flexibility index (Phi) is 6.14. The molecule has 0 amide bonds. The van der Waals surface area contributed by atoms with Crippen molar-refractivity contribution in [3.63, 3.8) is 0 Å². The zero-order valence-corrected chi connectivity index (χ0v) is 17.0. The van der Waals surface area contributed by atoms with Gasteiger partial charge in [-0.3, -0.25) is 4.79 Å². The topological polar surface area (TPSA) is 75.4 Å². The van der Waals surface area contributed by atoms with Gasteiger partial charge in [-0.05, 0) is 45.1 Å². The molecule has 0 aliphatic rings. The summed E-state index contributed by atoms with van der Waals surface area (Å²) in [5.74, 6) is -1.05. The minimum absolute atomic E-state index is 0.0284. The van der Waals surface area contributed by atoms with Gasteiger partial charge in [0.15, 0.2) is 4.67 Å². The predicted octanol–water partition coefficient (Wildman–Crippen LogP) is 5.82. The molecule has 3 aromatic rings. The van der Waals surface area contributed by atoms with Gasteiger partial charge < -0.3 is 14.8 Å². The Bertz CT molecular complexity index is 953. The van der Waals surface area contributed by atoms with E-state index in [1.54, 1.807) is 12.1 Å². The number of aliphatic carboxylic acids is 1. The van der Waals surface area contributed by atoms with Crippen molar-refractivity contribution in [2.75, 3.05) is 5.32 Å². The third-order valence-electron chi connectivity index (χ3n) is 4.43. The molecule has 0 bridgehead atoms. The molecule has 2 N–H and O–H groups in total. The lowest BCUT2D eigenvalue weighted by Crippen LogP contribution is -2.28. The summed E-state index contributed by atoms with van der Waals surface area (Å²) >= 11 is 3.38. The van der Waals surface area contributed by atoms with Crippen LogP contribution in [0.3, 0.4) is 0 Å². The highest BCUT2D eigenvalue weighted by Crippen LogP contribution is 2.32. The van der Waals surface area contributed by atoms with E-state index in [2.05, 4.69) is 26.2 Å². The molecule has 0 saturated heterocycles. The summed E-state index contributed by atoms with van der Waals surface area (Å²) in [6.07, 6.45) is -0.0284. The Morgan fingerprint density at radius 3 is 2.18 bits per heavy atom. The molecular weight excluding hydrogens is 427 g/mol. The molecule has 3 rings (SSSR count). The number of hydrogen-bond donors (Lipinski definition) is 2. The van der Waals surface area contributed by atoms with Gasteiger partial charge >= 0.3 is 5.97 Å². The molecular formula is C21H20BrFN2O3. The van der Waals surface area contributed by atoms with E-state index in [9.17, 15) is 9.18 Å². The largest absolute Gasteiger partial charge is 0.481 e. The molecule has 1 aromatic heterocycles. The van der Waals surface area contributed by atoms with Crippen molar-refractivity contribution in [2.45, 2.75) is 26.3 Å². The van der Waals surface area contributed by atoms with E-state index < -0.39 is 5.97 Å². The second-order valence-corrected chi connectivity index (χ2v) is 7.54. The Balaban J connectivity index is 1.80. The van der Waals surface area contributed by atoms with E-state index in [0.29, 0.717) is 10.4 Å². The maximum atomic E-state index is 13.1. The summed E-state index contributed by atoms with van der Waals surface area (Å²) in [6, 6.07) is 14.0. The number of carbonyl (C=O) groups is 1. The van der Waals surface area contributed by atoms with Gasteiger partial charge in [-0.25, -0.2) is 4.39 Å². The van der Waals surface area contributed by atoms with Crippen LogP contribution >= 0.6 is 15.9 Å². The number of oxazole rings is 1. The van der Waals surface area contributed by atoms with E-state index in [1.165, 1.54) is 12.1 Å². The molecule has 1 atom stereocenters. The monoisotopic (exact) mass is 446 g/mol. The highest BCUT2D eigenvalue weighted by molar-refractivity contribution is 9.10. The van der Waals surface area contributed by atoms with Gasteiger partial charge in [0.2, 0.25) is 0 Å². The van der Waals surface area contributed by atoms with Gasteiger partial charge in [0.25, 0.3) is 6.01 Å². The quantitative estimate of drug-likeness (QED) is 0.477. The molecule has 0 spiro atoms. The second kappa shape index (κ2) is 8.56. The zero-order chi connectivity index (χ0) is 20.3. The van der Waals surface area contributed by atoms with Crippen LogP contribution in [0.5, 0.6) is 0 Å². The average molecular weight is 447 g/mol. The number of carboxylic acids is 1. The number of anilines is 1. The number of nitrogens with zero attached hydrogens (tertiary/aromatic N) is 1. The van der Waals surface area contributed by atoms with E-state index in [1.807, 2.05) is 38.1 Å². The number of carboxylic acid groups (broad SMARTS) is 1. The lowest BCUT2D eigenvalue weighted by Gasteiger charge is -2.19. The van der Waals surface area contributed by atoms with Crippen LogP contribution in [0.25, 0.3) is 22.4 Å². The van der Waals surface area contributed by atoms with Gasteiger partial charge in [0.1, 0.15) is 11.5 Å². The van der Waals surface area contributed by atoms with Crippen molar-refractivity contribution in [1.82, 2.24) is 4.98 Å². The molecule has 0 aliphatic heterocycles. The molecule has 0 fully saturated rings. The standard InChI is InChI=1S/C21H20BrFN2O3/c1-12(2)17(11-18(26)27)24-21-25-19(20(22)28-21)15-5-3-13(4-6-15)14-7-9-16(23)10-8-14/h3-10,12,17H,11H2,1-2H3,(H,24,25)(H,26,27)/t17-/m0/s1. The van der Waals surface area contributed by atoms with Gasteiger partial charge in [-0.1, -0.05) is 50.2 Å². The van der Waals surface area contributed by atoms with E-state index >= 15 is 0 Å². The van der Waals surface area contributed by atoms with Gasteiger partial charge in [0.05, 0.1) is 6.42 Å². The summed E-state index contributed by atoms with van der Waals surface area (Å²) in [7, 11) is 0. The Morgan fingerprint density at radius 2 is 1.64 bits per heavy atom. The molecule has 28 heavy (non-hydrogen) atoms. The average Bonchev–Trinajstić information content (AvgIpc) is 3.02. The number of benzene rings is 2. The SMILES string of the molecule is CC(C)[C@H](CC(=O)O)Nc1nc(-c2ccc(-c3ccc(F)cc3)cc2)c(Br)o1. The minimum Gasteiger partial charge on any atom is -0.481 e. The molecule has 2 aromatic carbocycles. The molecule has 5 nitrogen and oxygen atoms in total. The maximum Gasteiger partial charge on any atom is 0.305 e. The fourth-order valence-corrected chi connectivity index (χ4v) is 3.28. The number of hydrogen-bond acceptors (Lipinski definition) is 4. The molecule has 1 heterocycles. The van der Waals surface area contributed by atoms with Crippen molar-refractivity contribution in [2.24, 2.45) is 5.92 Å². The van der Waals surface area contributed by atoms with E-state index in [-0.39, 0.29) is 30.2 Å². The Hall–Kier alpha value is -2.67. The van der Waals surface area contributed by atoms with Crippen LogP contribution in [0.15, 0.2) is 57.6 Å². The first-order valence-corrected chi connectivity index (χ1v) is 9.64. The van der Waals surface area contributed by atoms with Gasteiger partial charge in [0, 0.05) is 11.6 Å². The highest BCUT2D eigenvalue weighted by Gasteiger charge is 2.21. The highest BCUT2D eigenvalue weighted by atomic mass is 79.9. The zero-order valence-electron chi connectivity index (χ0n) is 15.4. The predicted molar refractivity (Wildman–Crippen MR) is 110 cm³/mol. The molecule has 146 valence electrons. The fourth-order valence-electron chi connectivity index (χ4n) is 2.80. The Labute approximate surface area is 170 Å². The van der Waals surface area contributed by atoms with E-state index in [0.717, 1.165) is 16.7 Å². The van der Waals surface area contributed by atoms with Crippen LogP contribution in [-0.4, -0.2) is 22.1 Å². The smallest absolute Gasteiger partial charge is 0.305 e. The molecule has 0 unspecified atom stereocenters. The van der Waals surface area contributed by atoms with Crippen LogP contribution in [-0.2, 0) is 4.79 Å². The number of nitrogens with one attached hydrogen (secondary N) is 1. The van der Waals surface area contributed by atoms with Crippen LogP contribution in [0.1, 0.15) is 20.3 Å². The van der Waals surface area contributed by atoms with Crippen molar-refractivity contribution >= 4 is 27.9 Å². The first-order chi connectivity index (χ1) is 13.3. The first-order valence-electron chi connectivity index (χ1n) is 8.84. The van der Waals surface area contributed by atoms with Crippen LogP contribution in [0.4, 0.5) is 10.4 Å². The van der Waals surface area contributed by atoms with Crippen molar-refractivity contribution in [1.29, 1.82) is 0 Å². The van der Waals surface area contributed by atoms with Crippen LogP contribution in [0.2, 0.25) is 0 Å². The number of aromatic nitrogens is 1. The summed E-state index contributed by atoms with van der Waals surface area (Å²) in [6.45, 7) is 3.88. The summed E-state index contributed by atoms with van der Waals surface area (Å²) in [5.41, 5.74) is 3.34. The first kappa shape index (κ1) is 20.1. The van der Waals surface area contributed by atoms with Crippen molar-refractivity contribution in [3.05, 3.63) is 59.0 Å². The molecule has 0 radical (unpaired) electrons. The van der Waals surface area contributed by atoms with Crippen molar-refractivity contribution in [3.8, 4) is 22.4 Å². The summed E-state index contributed by atoms with van der Waals surface area (Å²) in [5, 5.41) is 12.1. The maximum absolute atomic E-state index is 13.1. The summed E-state index contributed by atoms with van der Waals surface area (Å²) in [4.78, 5) is 15.5. The third kappa shape index (κ3) is 4.78. The number of rotatable bonds is 7. The lowest BCUT2D eigenvalue weighted by atomic mass is 10.0. The second-order valence-electron chi connectivity index (χ2n) is 6.82. The number of halogens is 2. The van der Waals surface area contributed by atoms with Crippen LogP contribution in [0, 0.1) is 11.7 Å². The third-order valence-corrected chi connectivity index (χ3v) is 4.97. The normalized spacial score (nSPS) is 12.2. The van der Waals surface area contributed by atoms with Crippen molar-refractivity contribution < 1.29 is 18.7 Å². The molecule has 0 aliphatic carbocycles. The summed E-state index contributed by atoms with van der Waals surface area (Å²) < 4.78 is 19.2. The van der Waals surface area contributed by atoms with Crippen LogP contribution < -0.4 is 5.32 Å². The fraction of sp³-hybridized carbons (Fsp3) is 0.238.